The minimum absolute atomic E-state index is 0.0441. The van der Waals surface area contributed by atoms with Gasteiger partial charge in [0.1, 0.15) is 0 Å². The Bertz CT molecular complexity index is 535. The smallest absolute Gasteiger partial charge is 0.337 e. The number of nitrogens with one attached hydrogen (secondary N) is 1. The number of anilines is 1. The molecule has 0 saturated carbocycles. The molecule has 6 nitrogen and oxygen atoms in total. The van der Waals surface area contributed by atoms with Gasteiger partial charge in [0.2, 0.25) is 0 Å². The molecule has 1 aromatic rings. The average Bonchev–Trinajstić information content (AvgIpc) is 2.36. The van der Waals surface area contributed by atoms with Gasteiger partial charge in [-0.25, -0.2) is 9.59 Å². The molecule has 0 saturated heterocycles. The zero-order valence-corrected chi connectivity index (χ0v) is 12.8. The molecule has 0 heterocycles. The van der Waals surface area contributed by atoms with Gasteiger partial charge in [-0.3, -0.25) is 0 Å². The Morgan fingerprint density at radius 2 is 1.95 bits per heavy atom. The predicted octanol–water partition coefficient (Wildman–Crippen LogP) is 2.32. The number of hydrogen-bond donors (Lipinski definition) is 3. The third-order valence-electron chi connectivity index (χ3n) is 2.98. The summed E-state index contributed by atoms with van der Waals surface area (Å²) in [4.78, 5) is 24.9. The molecular formula is C15H22N2O4. The van der Waals surface area contributed by atoms with E-state index in [1.807, 2.05) is 0 Å². The summed E-state index contributed by atoms with van der Waals surface area (Å²) >= 11 is 0. The number of aryl methyl sites for hydroxylation is 1. The van der Waals surface area contributed by atoms with Crippen molar-refractivity contribution in [2.75, 3.05) is 18.4 Å². The molecule has 0 fully saturated rings. The molecule has 0 aliphatic carbocycles. The summed E-state index contributed by atoms with van der Waals surface area (Å²) in [5, 5.41) is 21.6. The van der Waals surface area contributed by atoms with Crippen LogP contribution in [-0.4, -0.2) is 45.8 Å². The van der Waals surface area contributed by atoms with Crippen molar-refractivity contribution in [3.63, 3.8) is 0 Å². The van der Waals surface area contributed by atoms with Gasteiger partial charge in [0.05, 0.1) is 23.4 Å². The molecule has 0 atom stereocenters. The van der Waals surface area contributed by atoms with E-state index in [-0.39, 0.29) is 17.8 Å². The number of aliphatic hydroxyl groups is 1. The molecule has 1 rings (SSSR count). The Kier molecular flexibility index (Phi) is 5.32. The van der Waals surface area contributed by atoms with Gasteiger partial charge < -0.3 is 20.4 Å². The van der Waals surface area contributed by atoms with Crippen LogP contribution in [0, 0.1) is 6.92 Å². The van der Waals surface area contributed by atoms with Crippen molar-refractivity contribution >= 4 is 17.7 Å². The van der Waals surface area contributed by atoms with Crippen LogP contribution in [0.4, 0.5) is 10.5 Å². The summed E-state index contributed by atoms with van der Waals surface area (Å²) in [5.41, 5.74) is -0.0243. The number of rotatable bonds is 5. The van der Waals surface area contributed by atoms with Gasteiger partial charge in [0.15, 0.2) is 0 Å². The number of amides is 2. The third kappa shape index (κ3) is 4.75. The minimum Gasteiger partial charge on any atom is -0.478 e. The van der Waals surface area contributed by atoms with Crippen molar-refractivity contribution in [3.05, 3.63) is 29.3 Å². The molecule has 0 bridgehead atoms. The quantitative estimate of drug-likeness (QED) is 0.777. The first-order valence-corrected chi connectivity index (χ1v) is 6.77. The molecule has 0 aliphatic heterocycles. The number of carboxylic acids is 1. The molecule has 3 N–H and O–H groups in total. The van der Waals surface area contributed by atoms with Crippen LogP contribution >= 0.6 is 0 Å². The van der Waals surface area contributed by atoms with Crippen LogP contribution in [0.3, 0.4) is 0 Å². The number of aromatic carboxylic acids is 1. The van der Waals surface area contributed by atoms with E-state index in [0.29, 0.717) is 12.1 Å². The second-order valence-corrected chi connectivity index (χ2v) is 5.56. The maximum absolute atomic E-state index is 12.3. The highest BCUT2D eigenvalue weighted by Crippen LogP contribution is 2.21. The molecular weight excluding hydrogens is 272 g/mol. The van der Waals surface area contributed by atoms with Crippen LogP contribution in [0.25, 0.3) is 0 Å². The number of carbonyl (C=O) groups is 2. The second kappa shape index (κ2) is 6.58. The number of benzene rings is 1. The van der Waals surface area contributed by atoms with Gasteiger partial charge in [-0.15, -0.1) is 0 Å². The van der Waals surface area contributed by atoms with E-state index in [0.717, 1.165) is 0 Å². The van der Waals surface area contributed by atoms with Crippen LogP contribution < -0.4 is 5.32 Å². The maximum atomic E-state index is 12.3. The Labute approximate surface area is 124 Å². The average molecular weight is 294 g/mol. The highest BCUT2D eigenvalue weighted by Gasteiger charge is 2.23. The number of likely N-dealkylation sites (N-methyl/N-ethyl adjacent to an activating group) is 1. The number of urea groups is 1. The Morgan fingerprint density at radius 1 is 1.33 bits per heavy atom. The van der Waals surface area contributed by atoms with E-state index < -0.39 is 17.6 Å². The summed E-state index contributed by atoms with van der Waals surface area (Å²) in [6, 6.07) is 4.37. The lowest BCUT2D eigenvalue weighted by molar-refractivity contribution is 0.0500. The molecule has 0 aromatic heterocycles. The van der Waals surface area contributed by atoms with Crippen molar-refractivity contribution in [1.82, 2.24) is 4.90 Å². The van der Waals surface area contributed by atoms with Crippen molar-refractivity contribution in [2.45, 2.75) is 33.3 Å². The van der Waals surface area contributed by atoms with Crippen molar-refractivity contribution < 1.29 is 19.8 Å². The lowest BCUT2D eigenvalue weighted by atomic mass is 10.1. The Morgan fingerprint density at radius 3 is 2.43 bits per heavy atom. The summed E-state index contributed by atoms with van der Waals surface area (Å²) < 4.78 is 0. The number of para-hydroxylation sites is 1. The molecule has 6 heteroatoms. The molecule has 116 valence electrons. The highest BCUT2D eigenvalue weighted by atomic mass is 16.4. The lowest BCUT2D eigenvalue weighted by Crippen LogP contribution is -2.44. The van der Waals surface area contributed by atoms with Gasteiger partial charge in [0, 0.05) is 6.54 Å². The lowest BCUT2D eigenvalue weighted by Gasteiger charge is -2.28. The van der Waals surface area contributed by atoms with Crippen LogP contribution in [0.2, 0.25) is 0 Å². The summed E-state index contributed by atoms with van der Waals surface area (Å²) in [6.45, 7) is 7.31. The molecule has 1 aromatic carbocycles. The topological polar surface area (TPSA) is 89.9 Å². The number of carboxylic acid groups (broad SMARTS) is 1. The standard InChI is InChI=1S/C15H22N2O4/c1-5-17(9-15(3,4)21)14(20)16-12-10(2)7-6-8-11(12)13(18)19/h6-8,21H,5,9H2,1-4H3,(H,16,20)(H,18,19). The molecule has 21 heavy (non-hydrogen) atoms. The van der Waals surface area contributed by atoms with E-state index in [1.165, 1.54) is 11.0 Å². The zero-order valence-electron chi connectivity index (χ0n) is 12.8. The van der Waals surface area contributed by atoms with Crippen LogP contribution in [0.1, 0.15) is 36.7 Å². The predicted molar refractivity (Wildman–Crippen MR) is 80.7 cm³/mol. The number of hydrogen-bond acceptors (Lipinski definition) is 3. The molecule has 0 spiro atoms. The van der Waals surface area contributed by atoms with Crippen LogP contribution in [0.15, 0.2) is 18.2 Å². The monoisotopic (exact) mass is 294 g/mol. The van der Waals surface area contributed by atoms with E-state index in [2.05, 4.69) is 5.32 Å². The van der Waals surface area contributed by atoms with Crippen molar-refractivity contribution in [2.24, 2.45) is 0 Å². The molecule has 2 amide bonds. The van der Waals surface area contributed by atoms with E-state index in [4.69, 9.17) is 0 Å². The first-order chi connectivity index (χ1) is 9.65. The van der Waals surface area contributed by atoms with E-state index >= 15 is 0 Å². The largest absolute Gasteiger partial charge is 0.478 e. The van der Waals surface area contributed by atoms with Crippen LogP contribution in [0.5, 0.6) is 0 Å². The van der Waals surface area contributed by atoms with E-state index in [1.54, 1.807) is 39.8 Å². The van der Waals surface area contributed by atoms with Gasteiger partial charge >= 0.3 is 12.0 Å². The maximum Gasteiger partial charge on any atom is 0.337 e. The zero-order chi connectivity index (χ0) is 16.2. The number of nitrogens with zero attached hydrogens (tertiary/aromatic N) is 1. The van der Waals surface area contributed by atoms with E-state index in [9.17, 15) is 19.8 Å². The van der Waals surface area contributed by atoms with Crippen LogP contribution in [-0.2, 0) is 0 Å². The Hall–Kier alpha value is -2.08. The summed E-state index contributed by atoms with van der Waals surface area (Å²) in [6.07, 6.45) is 0. The summed E-state index contributed by atoms with van der Waals surface area (Å²) in [7, 11) is 0. The molecule has 0 radical (unpaired) electrons. The van der Waals surface area contributed by atoms with Crippen molar-refractivity contribution in [1.29, 1.82) is 0 Å². The first kappa shape index (κ1) is 17.0. The van der Waals surface area contributed by atoms with Gasteiger partial charge in [0.25, 0.3) is 0 Å². The molecule has 0 unspecified atom stereocenters. The van der Waals surface area contributed by atoms with Gasteiger partial charge in [-0.1, -0.05) is 12.1 Å². The third-order valence-corrected chi connectivity index (χ3v) is 2.98. The van der Waals surface area contributed by atoms with Crippen molar-refractivity contribution in [3.8, 4) is 0 Å². The molecule has 0 aliphatic rings. The van der Waals surface area contributed by atoms with Gasteiger partial charge in [-0.2, -0.15) is 0 Å². The fraction of sp³-hybridized carbons (Fsp3) is 0.467. The SMILES string of the molecule is CCN(CC(C)(C)O)C(=O)Nc1c(C)cccc1C(=O)O. The normalized spacial score (nSPS) is 11.1. The number of carbonyl (C=O) groups excluding carboxylic acids is 1. The fourth-order valence-electron chi connectivity index (χ4n) is 1.99. The minimum atomic E-state index is -1.10. The second-order valence-electron chi connectivity index (χ2n) is 5.56. The Balaban J connectivity index is 3.00. The fourth-order valence-corrected chi connectivity index (χ4v) is 1.99. The summed E-state index contributed by atoms with van der Waals surface area (Å²) in [5.74, 6) is -1.10. The highest BCUT2D eigenvalue weighted by molar-refractivity contribution is 6.01. The van der Waals surface area contributed by atoms with Gasteiger partial charge in [-0.05, 0) is 39.3 Å². The first-order valence-electron chi connectivity index (χ1n) is 6.77.